The van der Waals surface area contributed by atoms with E-state index in [0.717, 1.165) is 24.8 Å². The molecule has 2 atom stereocenters. The molecule has 2 aliphatic heterocycles. The molecule has 2 saturated heterocycles. The third-order valence-electron chi connectivity index (χ3n) is 3.77. The highest BCUT2D eigenvalue weighted by atomic mass is 32.2. The SMILES string of the molecule is CCC1CN(CCC2CS(=O)(=O)CCN2)CCS1. The van der Waals surface area contributed by atoms with E-state index in [0.29, 0.717) is 18.1 Å². The second kappa shape index (κ2) is 6.59. The molecule has 0 spiro atoms. The molecule has 2 heterocycles. The Labute approximate surface area is 115 Å². The zero-order valence-electron chi connectivity index (χ0n) is 11.1. The molecule has 18 heavy (non-hydrogen) atoms. The number of nitrogens with zero attached hydrogens (tertiary/aromatic N) is 1. The van der Waals surface area contributed by atoms with E-state index >= 15 is 0 Å². The normalized spacial score (nSPS) is 33.4. The minimum absolute atomic E-state index is 0.165. The second-order valence-electron chi connectivity index (χ2n) is 5.26. The van der Waals surface area contributed by atoms with Crippen LogP contribution in [0.25, 0.3) is 0 Å². The smallest absolute Gasteiger partial charge is 0.153 e. The number of sulfone groups is 1. The van der Waals surface area contributed by atoms with E-state index in [9.17, 15) is 8.42 Å². The molecule has 2 fully saturated rings. The first-order valence-electron chi connectivity index (χ1n) is 6.87. The molecule has 2 rings (SSSR count). The van der Waals surface area contributed by atoms with E-state index in [2.05, 4.69) is 28.9 Å². The molecule has 0 aromatic rings. The molecule has 2 unspecified atom stereocenters. The zero-order valence-corrected chi connectivity index (χ0v) is 12.7. The maximum Gasteiger partial charge on any atom is 0.153 e. The van der Waals surface area contributed by atoms with Crippen molar-refractivity contribution in [2.75, 3.05) is 43.4 Å². The summed E-state index contributed by atoms with van der Waals surface area (Å²) < 4.78 is 23.1. The lowest BCUT2D eigenvalue weighted by molar-refractivity contribution is 0.265. The predicted molar refractivity (Wildman–Crippen MR) is 78.0 cm³/mol. The molecule has 0 aromatic carbocycles. The van der Waals surface area contributed by atoms with Gasteiger partial charge in [0.2, 0.25) is 0 Å². The van der Waals surface area contributed by atoms with Gasteiger partial charge in [-0.2, -0.15) is 11.8 Å². The van der Waals surface area contributed by atoms with E-state index in [4.69, 9.17) is 0 Å². The zero-order chi connectivity index (χ0) is 13.0. The number of hydrogen-bond acceptors (Lipinski definition) is 5. The lowest BCUT2D eigenvalue weighted by Gasteiger charge is -2.33. The van der Waals surface area contributed by atoms with E-state index < -0.39 is 9.84 Å². The highest BCUT2D eigenvalue weighted by molar-refractivity contribution is 8.00. The Morgan fingerprint density at radius 2 is 2.28 bits per heavy atom. The highest BCUT2D eigenvalue weighted by Gasteiger charge is 2.25. The van der Waals surface area contributed by atoms with E-state index in [1.807, 2.05) is 0 Å². The first-order chi connectivity index (χ1) is 8.59. The van der Waals surface area contributed by atoms with E-state index in [1.54, 1.807) is 0 Å². The van der Waals surface area contributed by atoms with Crippen LogP contribution in [0.2, 0.25) is 0 Å². The number of thioether (sulfide) groups is 1. The van der Waals surface area contributed by atoms with Gasteiger partial charge in [0.15, 0.2) is 9.84 Å². The number of nitrogens with one attached hydrogen (secondary N) is 1. The van der Waals surface area contributed by atoms with Gasteiger partial charge in [-0.1, -0.05) is 6.92 Å². The fraction of sp³-hybridized carbons (Fsp3) is 1.00. The quantitative estimate of drug-likeness (QED) is 0.822. The van der Waals surface area contributed by atoms with Crippen LogP contribution in [0.1, 0.15) is 19.8 Å². The third-order valence-corrected chi connectivity index (χ3v) is 6.88. The average Bonchev–Trinajstić information content (AvgIpc) is 2.35. The summed E-state index contributed by atoms with van der Waals surface area (Å²) in [5.74, 6) is 1.85. The summed E-state index contributed by atoms with van der Waals surface area (Å²) in [4.78, 5) is 2.49. The van der Waals surface area contributed by atoms with Crippen molar-refractivity contribution in [1.82, 2.24) is 10.2 Å². The Kier molecular flexibility index (Phi) is 5.35. The van der Waals surface area contributed by atoms with E-state index in [1.165, 1.54) is 18.7 Å². The Hall–Kier alpha value is 0.220. The van der Waals surface area contributed by atoms with Gasteiger partial charge >= 0.3 is 0 Å². The second-order valence-corrected chi connectivity index (χ2v) is 8.89. The van der Waals surface area contributed by atoms with Crippen LogP contribution in [-0.2, 0) is 9.84 Å². The largest absolute Gasteiger partial charge is 0.312 e. The van der Waals surface area contributed by atoms with Gasteiger partial charge < -0.3 is 10.2 Å². The molecule has 0 amide bonds. The van der Waals surface area contributed by atoms with Crippen LogP contribution in [0, 0.1) is 0 Å². The van der Waals surface area contributed by atoms with Crippen molar-refractivity contribution >= 4 is 21.6 Å². The van der Waals surface area contributed by atoms with Gasteiger partial charge in [0.05, 0.1) is 11.5 Å². The summed E-state index contributed by atoms with van der Waals surface area (Å²) in [5, 5.41) is 4.09. The predicted octanol–water partition coefficient (Wildman–Crippen LogP) is 0.591. The molecular formula is C12H24N2O2S2. The molecule has 1 N–H and O–H groups in total. The summed E-state index contributed by atoms with van der Waals surface area (Å²) in [6, 6.07) is 0.165. The van der Waals surface area contributed by atoms with Crippen LogP contribution >= 0.6 is 11.8 Å². The summed E-state index contributed by atoms with van der Waals surface area (Å²) in [7, 11) is -2.79. The maximum absolute atomic E-state index is 11.6. The lowest BCUT2D eigenvalue weighted by atomic mass is 10.2. The highest BCUT2D eigenvalue weighted by Crippen LogP contribution is 2.21. The van der Waals surface area contributed by atoms with Crippen molar-refractivity contribution < 1.29 is 8.42 Å². The first-order valence-corrected chi connectivity index (χ1v) is 9.74. The molecular weight excluding hydrogens is 268 g/mol. The fourth-order valence-electron chi connectivity index (χ4n) is 2.62. The molecule has 4 nitrogen and oxygen atoms in total. The van der Waals surface area contributed by atoms with Gasteiger partial charge in [0, 0.05) is 36.7 Å². The fourth-order valence-corrected chi connectivity index (χ4v) is 5.36. The van der Waals surface area contributed by atoms with Gasteiger partial charge in [-0.05, 0) is 19.4 Å². The van der Waals surface area contributed by atoms with Crippen molar-refractivity contribution in [3.05, 3.63) is 0 Å². The molecule has 0 aliphatic carbocycles. The lowest BCUT2D eigenvalue weighted by Crippen LogP contribution is -2.47. The summed E-state index contributed by atoms with van der Waals surface area (Å²) in [6.07, 6.45) is 2.19. The molecule has 0 aromatic heterocycles. The van der Waals surface area contributed by atoms with Gasteiger partial charge in [-0.3, -0.25) is 0 Å². The maximum atomic E-state index is 11.6. The standard InChI is InChI=1S/C12H24N2O2S2/c1-2-12-9-14(6-7-17-12)5-3-11-10-18(15,16)8-4-13-11/h11-13H,2-10H2,1H3. The molecule has 0 saturated carbocycles. The number of rotatable bonds is 4. The van der Waals surface area contributed by atoms with Gasteiger partial charge in [-0.15, -0.1) is 0 Å². The minimum Gasteiger partial charge on any atom is -0.312 e. The molecule has 106 valence electrons. The van der Waals surface area contributed by atoms with Crippen molar-refractivity contribution in [2.45, 2.75) is 31.1 Å². The Balaban J connectivity index is 1.74. The van der Waals surface area contributed by atoms with Gasteiger partial charge in [0.1, 0.15) is 0 Å². The van der Waals surface area contributed by atoms with Gasteiger partial charge in [-0.25, -0.2) is 8.42 Å². The van der Waals surface area contributed by atoms with Crippen molar-refractivity contribution in [2.24, 2.45) is 0 Å². The molecule has 6 heteroatoms. The van der Waals surface area contributed by atoms with Gasteiger partial charge in [0.25, 0.3) is 0 Å². The van der Waals surface area contributed by atoms with Crippen LogP contribution in [0.4, 0.5) is 0 Å². The topological polar surface area (TPSA) is 49.4 Å². The van der Waals surface area contributed by atoms with Crippen LogP contribution < -0.4 is 5.32 Å². The van der Waals surface area contributed by atoms with Crippen molar-refractivity contribution in [3.8, 4) is 0 Å². The van der Waals surface area contributed by atoms with Crippen molar-refractivity contribution in [3.63, 3.8) is 0 Å². The minimum atomic E-state index is -2.79. The monoisotopic (exact) mass is 292 g/mol. The summed E-state index contributed by atoms with van der Waals surface area (Å²) in [6.45, 7) is 6.22. The van der Waals surface area contributed by atoms with Crippen LogP contribution in [0.5, 0.6) is 0 Å². The van der Waals surface area contributed by atoms with Crippen LogP contribution in [0.15, 0.2) is 0 Å². The number of hydrogen-bond donors (Lipinski definition) is 1. The average molecular weight is 292 g/mol. The molecule has 0 bridgehead atoms. The molecule has 0 radical (unpaired) electrons. The first kappa shape index (κ1) is 14.6. The van der Waals surface area contributed by atoms with Crippen LogP contribution in [-0.4, -0.2) is 68.0 Å². The summed E-state index contributed by atoms with van der Waals surface area (Å²) >= 11 is 2.07. The van der Waals surface area contributed by atoms with E-state index in [-0.39, 0.29) is 6.04 Å². The van der Waals surface area contributed by atoms with Crippen LogP contribution in [0.3, 0.4) is 0 Å². The third kappa shape index (κ3) is 4.40. The Morgan fingerprint density at radius 3 is 3.00 bits per heavy atom. The summed E-state index contributed by atoms with van der Waals surface area (Å²) in [5.41, 5.74) is 0. The Bertz CT molecular complexity index is 359. The molecule has 2 aliphatic rings. The Morgan fingerprint density at radius 1 is 1.44 bits per heavy atom. The van der Waals surface area contributed by atoms with Crippen molar-refractivity contribution in [1.29, 1.82) is 0 Å².